The average molecular weight is 203 g/mol. The number of nitrogens with zero attached hydrogens (tertiary/aromatic N) is 2. The minimum absolute atomic E-state index is 0.286. The number of nitrogens with two attached hydrogens (primary N) is 1. The Morgan fingerprint density at radius 3 is 2.71 bits per heavy atom. The summed E-state index contributed by atoms with van der Waals surface area (Å²) in [5, 5.41) is 11.2. The molecule has 0 aromatic carbocycles. The third-order valence-corrected chi connectivity index (χ3v) is 2.02. The molecule has 0 aliphatic heterocycles. The molecular weight excluding hydrogens is 182 g/mol. The highest BCUT2D eigenvalue weighted by molar-refractivity contribution is 5.79. The Hall–Kier alpha value is -0.810. The zero-order valence-corrected chi connectivity index (χ0v) is 9.07. The highest BCUT2D eigenvalue weighted by atomic mass is 16.5. The largest absolute Gasteiger partial charge is 0.409 e. The van der Waals surface area contributed by atoms with Gasteiger partial charge >= 0.3 is 0 Å². The van der Waals surface area contributed by atoms with Gasteiger partial charge in [-0.25, -0.2) is 0 Å². The molecule has 0 aromatic rings. The number of amidine groups is 1. The summed E-state index contributed by atoms with van der Waals surface area (Å²) in [7, 11) is 3.74. The lowest BCUT2D eigenvalue weighted by Gasteiger charge is -2.15. The molecule has 0 amide bonds. The molecule has 14 heavy (non-hydrogen) atoms. The number of hydrogen-bond acceptors (Lipinski definition) is 4. The standard InChI is InChI=1S/C9H21N3O2/c1-12(6-3-4-8-14-2)7-5-9(10)11-13/h13H,3-8H2,1-2H3,(H2,10,11). The van der Waals surface area contributed by atoms with Gasteiger partial charge in [0.1, 0.15) is 5.84 Å². The third kappa shape index (κ3) is 7.82. The maximum absolute atomic E-state index is 8.32. The van der Waals surface area contributed by atoms with E-state index in [1.165, 1.54) is 0 Å². The summed E-state index contributed by atoms with van der Waals surface area (Å²) in [5.74, 6) is 0.286. The first-order valence-electron chi connectivity index (χ1n) is 4.84. The van der Waals surface area contributed by atoms with E-state index in [0.717, 1.165) is 32.5 Å². The minimum Gasteiger partial charge on any atom is -0.409 e. The monoisotopic (exact) mass is 203 g/mol. The molecule has 0 aromatic heterocycles. The molecule has 0 radical (unpaired) electrons. The second kappa shape index (κ2) is 8.77. The van der Waals surface area contributed by atoms with E-state index in [2.05, 4.69) is 10.1 Å². The number of hydrogen-bond donors (Lipinski definition) is 2. The summed E-state index contributed by atoms with van der Waals surface area (Å²) in [6.07, 6.45) is 2.79. The van der Waals surface area contributed by atoms with Crippen LogP contribution in [0.5, 0.6) is 0 Å². The Labute approximate surface area is 85.5 Å². The van der Waals surface area contributed by atoms with Gasteiger partial charge in [0.2, 0.25) is 0 Å². The Morgan fingerprint density at radius 2 is 2.14 bits per heavy atom. The molecular formula is C9H21N3O2. The van der Waals surface area contributed by atoms with E-state index in [1.54, 1.807) is 7.11 Å². The van der Waals surface area contributed by atoms with Gasteiger partial charge in [0.15, 0.2) is 0 Å². The van der Waals surface area contributed by atoms with Crippen LogP contribution in [0.2, 0.25) is 0 Å². The lowest BCUT2D eigenvalue weighted by molar-refractivity contribution is 0.187. The second-order valence-corrected chi connectivity index (χ2v) is 3.34. The van der Waals surface area contributed by atoms with Crippen molar-refractivity contribution in [2.45, 2.75) is 19.3 Å². The van der Waals surface area contributed by atoms with Crippen LogP contribution in [-0.2, 0) is 4.74 Å². The van der Waals surface area contributed by atoms with Crippen molar-refractivity contribution in [3.8, 4) is 0 Å². The van der Waals surface area contributed by atoms with Crippen molar-refractivity contribution in [3.63, 3.8) is 0 Å². The highest BCUT2D eigenvalue weighted by Crippen LogP contribution is 1.94. The van der Waals surface area contributed by atoms with E-state index in [0.29, 0.717) is 6.42 Å². The molecule has 0 aliphatic carbocycles. The van der Waals surface area contributed by atoms with Gasteiger partial charge in [-0.15, -0.1) is 0 Å². The summed E-state index contributed by atoms with van der Waals surface area (Å²) in [5.41, 5.74) is 5.35. The molecule has 0 rings (SSSR count). The predicted octanol–water partition coefficient (Wildman–Crippen LogP) is 0.481. The molecule has 0 aliphatic rings. The van der Waals surface area contributed by atoms with Crippen molar-refractivity contribution in [1.82, 2.24) is 4.90 Å². The summed E-state index contributed by atoms with van der Waals surface area (Å²) >= 11 is 0. The number of ether oxygens (including phenoxy) is 1. The van der Waals surface area contributed by atoms with Crippen molar-refractivity contribution in [2.24, 2.45) is 10.9 Å². The molecule has 5 nitrogen and oxygen atoms in total. The second-order valence-electron chi connectivity index (χ2n) is 3.34. The van der Waals surface area contributed by atoms with Crippen LogP contribution in [0.1, 0.15) is 19.3 Å². The quantitative estimate of drug-likeness (QED) is 0.198. The molecule has 0 bridgehead atoms. The lowest BCUT2D eigenvalue weighted by Crippen LogP contribution is -2.25. The first kappa shape index (κ1) is 13.2. The van der Waals surface area contributed by atoms with E-state index in [1.807, 2.05) is 7.05 Å². The normalized spacial score (nSPS) is 12.4. The van der Waals surface area contributed by atoms with Crippen LogP contribution in [0.3, 0.4) is 0 Å². The van der Waals surface area contributed by atoms with Gasteiger partial charge in [-0.2, -0.15) is 0 Å². The molecule has 3 N–H and O–H groups in total. The van der Waals surface area contributed by atoms with Gasteiger partial charge in [-0.3, -0.25) is 0 Å². The van der Waals surface area contributed by atoms with E-state index in [4.69, 9.17) is 15.7 Å². The van der Waals surface area contributed by atoms with Gasteiger partial charge in [0, 0.05) is 26.7 Å². The van der Waals surface area contributed by atoms with Crippen LogP contribution < -0.4 is 5.73 Å². The lowest BCUT2D eigenvalue weighted by atomic mass is 10.3. The van der Waals surface area contributed by atoms with Crippen molar-refractivity contribution in [1.29, 1.82) is 0 Å². The van der Waals surface area contributed by atoms with Gasteiger partial charge < -0.3 is 20.6 Å². The predicted molar refractivity (Wildman–Crippen MR) is 56.6 cm³/mol. The third-order valence-electron chi connectivity index (χ3n) is 2.02. The fourth-order valence-electron chi connectivity index (χ4n) is 1.10. The summed E-state index contributed by atoms with van der Waals surface area (Å²) in [6, 6.07) is 0. The topological polar surface area (TPSA) is 71.1 Å². The minimum atomic E-state index is 0.286. The molecule has 84 valence electrons. The van der Waals surface area contributed by atoms with E-state index < -0.39 is 0 Å². The van der Waals surface area contributed by atoms with E-state index >= 15 is 0 Å². The Morgan fingerprint density at radius 1 is 1.43 bits per heavy atom. The van der Waals surface area contributed by atoms with Crippen molar-refractivity contribution >= 4 is 5.84 Å². The van der Waals surface area contributed by atoms with Crippen LogP contribution in [0.4, 0.5) is 0 Å². The zero-order chi connectivity index (χ0) is 10.8. The van der Waals surface area contributed by atoms with Crippen molar-refractivity contribution < 1.29 is 9.94 Å². The van der Waals surface area contributed by atoms with E-state index in [9.17, 15) is 0 Å². The summed E-state index contributed by atoms with van der Waals surface area (Å²) < 4.78 is 4.95. The van der Waals surface area contributed by atoms with Crippen LogP contribution in [0.25, 0.3) is 0 Å². The summed E-state index contributed by atoms with van der Waals surface area (Å²) in [6.45, 7) is 2.65. The van der Waals surface area contributed by atoms with Gasteiger partial charge in [0.25, 0.3) is 0 Å². The van der Waals surface area contributed by atoms with Crippen molar-refractivity contribution in [2.75, 3.05) is 33.9 Å². The number of methoxy groups -OCH3 is 1. The molecule has 0 unspecified atom stereocenters. The first-order chi connectivity index (χ1) is 6.70. The van der Waals surface area contributed by atoms with Crippen LogP contribution in [0, 0.1) is 0 Å². The van der Waals surface area contributed by atoms with Gasteiger partial charge in [-0.05, 0) is 26.4 Å². The molecule has 0 saturated carbocycles. The first-order valence-corrected chi connectivity index (χ1v) is 4.84. The molecule has 0 atom stereocenters. The molecule has 0 spiro atoms. The Balaban J connectivity index is 3.32. The molecule has 0 fully saturated rings. The van der Waals surface area contributed by atoms with Gasteiger partial charge in [-0.1, -0.05) is 5.16 Å². The van der Waals surface area contributed by atoms with E-state index in [-0.39, 0.29) is 5.84 Å². The van der Waals surface area contributed by atoms with Crippen LogP contribution >= 0.6 is 0 Å². The maximum atomic E-state index is 8.32. The number of unbranched alkanes of at least 4 members (excludes halogenated alkanes) is 1. The zero-order valence-electron chi connectivity index (χ0n) is 9.07. The van der Waals surface area contributed by atoms with Crippen LogP contribution in [0.15, 0.2) is 5.16 Å². The van der Waals surface area contributed by atoms with Gasteiger partial charge in [0.05, 0.1) is 0 Å². The Kier molecular flexibility index (Phi) is 8.27. The fraction of sp³-hybridized carbons (Fsp3) is 0.889. The number of rotatable bonds is 8. The SMILES string of the molecule is COCCCCN(C)CCC(N)=NO. The summed E-state index contributed by atoms with van der Waals surface area (Å²) in [4.78, 5) is 2.16. The Bertz CT molecular complexity index is 162. The average Bonchev–Trinajstić information content (AvgIpc) is 2.21. The van der Waals surface area contributed by atoms with Crippen LogP contribution in [-0.4, -0.2) is 49.8 Å². The maximum Gasteiger partial charge on any atom is 0.140 e. The number of oxime groups is 1. The van der Waals surface area contributed by atoms with Crippen molar-refractivity contribution in [3.05, 3.63) is 0 Å². The molecule has 0 saturated heterocycles. The fourth-order valence-corrected chi connectivity index (χ4v) is 1.10. The highest BCUT2D eigenvalue weighted by Gasteiger charge is 1.99. The molecule has 5 heteroatoms. The molecule has 0 heterocycles. The smallest absolute Gasteiger partial charge is 0.140 e.